The first-order valence-electron chi connectivity index (χ1n) is 11.1. The SMILES string of the molecule is COC(=O)CC(C1=C(O)C(=O)C(C(CC(=O)OC)c2cc(F)c(F)c(F)c2)=C(O)C1=O)c1cc(F)c(F)c(F)c1. The highest BCUT2D eigenvalue weighted by atomic mass is 19.2. The van der Waals surface area contributed by atoms with E-state index in [0.29, 0.717) is 24.3 Å². The molecular weight excluding hydrogens is 554 g/mol. The predicted molar refractivity (Wildman–Crippen MR) is 121 cm³/mol. The van der Waals surface area contributed by atoms with Gasteiger partial charge in [0.2, 0.25) is 11.6 Å². The molecule has 3 rings (SSSR count). The van der Waals surface area contributed by atoms with Gasteiger partial charge in [-0.1, -0.05) is 0 Å². The van der Waals surface area contributed by atoms with Crippen LogP contribution < -0.4 is 0 Å². The third kappa shape index (κ3) is 5.55. The standard InChI is InChI=1S/C26H18F6O8/c1-39-17(33)7-11(9-3-13(27)21(31)14(28)4-9)19-23(35)25(37)20(26(38)24(19)36)12(8-18(34)40-2)10-5-15(29)22(32)16(30)6-10/h3-6,11-12,35,38H,7-8H2,1-2H3. The van der Waals surface area contributed by atoms with Crippen molar-refractivity contribution in [1.29, 1.82) is 0 Å². The van der Waals surface area contributed by atoms with Crippen molar-refractivity contribution >= 4 is 23.5 Å². The van der Waals surface area contributed by atoms with Crippen molar-refractivity contribution in [2.24, 2.45) is 0 Å². The molecule has 0 heterocycles. The van der Waals surface area contributed by atoms with Gasteiger partial charge in [-0.3, -0.25) is 19.2 Å². The summed E-state index contributed by atoms with van der Waals surface area (Å²) in [7, 11) is 1.81. The Hall–Kier alpha value is -4.62. The number of rotatable bonds is 8. The molecule has 0 bridgehead atoms. The number of benzene rings is 2. The summed E-state index contributed by atoms with van der Waals surface area (Å²) in [6.07, 6.45) is -1.88. The molecule has 2 N–H and O–H groups in total. The Bertz CT molecular complexity index is 1340. The summed E-state index contributed by atoms with van der Waals surface area (Å²) in [6.45, 7) is 0. The van der Waals surface area contributed by atoms with E-state index in [0.717, 1.165) is 14.2 Å². The van der Waals surface area contributed by atoms with Crippen LogP contribution in [0, 0.1) is 34.9 Å². The monoisotopic (exact) mass is 572 g/mol. The average molecular weight is 572 g/mol. The number of aliphatic hydroxyl groups is 2. The second-order valence-electron chi connectivity index (χ2n) is 8.45. The molecular formula is C26H18F6O8. The van der Waals surface area contributed by atoms with Gasteiger partial charge in [-0.25, -0.2) is 26.3 Å². The van der Waals surface area contributed by atoms with Crippen LogP contribution in [-0.2, 0) is 28.7 Å². The van der Waals surface area contributed by atoms with Crippen LogP contribution in [0.5, 0.6) is 0 Å². The van der Waals surface area contributed by atoms with Crippen molar-refractivity contribution in [2.75, 3.05) is 14.2 Å². The maximum Gasteiger partial charge on any atom is 0.306 e. The maximum absolute atomic E-state index is 14.0. The van der Waals surface area contributed by atoms with Gasteiger partial charge >= 0.3 is 11.9 Å². The normalized spacial score (nSPS) is 15.3. The molecule has 2 unspecified atom stereocenters. The zero-order valence-corrected chi connectivity index (χ0v) is 20.5. The lowest BCUT2D eigenvalue weighted by Gasteiger charge is -2.27. The lowest BCUT2D eigenvalue weighted by molar-refractivity contribution is -0.142. The Morgan fingerprint density at radius 1 is 0.650 bits per heavy atom. The van der Waals surface area contributed by atoms with Crippen LogP contribution in [-0.4, -0.2) is 47.9 Å². The van der Waals surface area contributed by atoms with Gasteiger partial charge in [0.15, 0.2) is 46.4 Å². The van der Waals surface area contributed by atoms with E-state index in [-0.39, 0.29) is 0 Å². The van der Waals surface area contributed by atoms with Crippen LogP contribution in [0.2, 0.25) is 0 Å². The zero-order chi connectivity index (χ0) is 30.0. The largest absolute Gasteiger partial charge is 0.504 e. The number of carbonyl (C=O) groups is 4. The number of hydrogen-bond donors (Lipinski definition) is 2. The van der Waals surface area contributed by atoms with Crippen molar-refractivity contribution in [2.45, 2.75) is 24.7 Å². The molecule has 14 heteroatoms. The van der Waals surface area contributed by atoms with Gasteiger partial charge in [0, 0.05) is 11.8 Å². The number of Topliss-reactive ketones (excluding diaryl/α,β-unsaturated/α-hetero) is 2. The highest BCUT2D eigenvalue weighted by molar-refractivity contribution is 6.24. The first-order chi connectivity index (χ1) is 18.7. The van der Waals surface area contributed by atoms with Crippen LogP contribution in [0.4, 0.5) is 26.3 Å². The molecule has 0 amide bonds. The molecule has 2 aromatic rings. The summed E-state index contributed by atoms with van der Waals surface area (Å²) < 4.78 is 92.0. The van der Waals surface area contributed by atoms with E-state index in [1.807, 2.05) is 0 Å². The number of allylic oxidation sites excluding steroid dienone is 2. The van der Waals surface area contributed by atoms with Crippen molar-refractivity contribution in [3.63, 3.8) is 0 Å². The number of hydrogen-bond acceptors (Lipinski definition) is 8. The van der Waals surface area contributed by atoms with Gasteiger partial charge in [0.25, 0.3) is 0 Å². The van der Waals surface area contributed by atoms with Gasteiger partial charge in [0.1, 0.15) is 0 Å². The van der Waals surface area contributed by atoms with E-state index in [1.165, 1.54) is 0 Å². The Labute approximate surface area is 221 Å². The number of carbonyl (C=O) groups excluding carboxylic acids is 4. The fourth-order valence-electron chi connectivity index (χ4n) is 4.19. The number of esters is 2. The van der Waals surface area contributed by atoms with Crippen LogP contribution in [0.15, 0.2) is 46.9 Å². The number of ether oxygens (including phenoxy) is 2. The van der Waals surface area contributed by atoms with Gasteiger partial charge < -0.3 is 19.7 Å². The Morgan fingerprint density at radius 2 is 0.925 bits per heavy atom. The van der Waals surface area contributed by atoms with E-state index in [4.69, 9.17) is 0 Å². The summed E-state index contributed by atoms with van der Waals surface area (Å²) in [6, 6.07) is 1.52. The van der Waals surface area contributed by atoms with Crippen LogP contribution >= 0.6 is 0 Å². The summed E-state index contributed by atoms with van der Waals surface area (Å²) in [5.74, 6) is -22.9. The summed E-state index contributed by atoms with van der Waals surface area (Å²) in [4.78, 5) is 50.6. The highest BCUT2D eigenvalue weighted by Crippen LogP contribution is 2.41. The van der Waals surface area contributed by atoms with Crippen molar-refractivity contribution in [3.05, 3.63) is 93.0 Å². The molecule has 40 heavy (non-hydrogen) atoms. The zero-order valence-electron chi connectivity index (χ0n) is 20.5. The van der Waals surface area contributed by atoms with E-state index < -0.39 is 117 Å². The average Bonchev–Trinajstić information content (AvgIpc) is 2.91. The number of aliphatic hydroxyl groups excluding tert-OH is 2. The minimum absolute atomic E-state index is 0.379. The van der Waals surface area contributed by atoms with Gasteiger partial charge in [0.05, 0.1) is 38.2 Å². The number of halogens is 6. The van der Waals surface area contributed by atoms with E-state index >= 15 is 0 Å². The lowest BCUT2D eigenvalue weighted by Crippen LogP contribution is -2.31. The minimum Gasteiger partial charge on any atom is -0.504 e. The van der Waals surface area contributed by atoms with Crippen LogP contribution in [0.1, 0.15) is 35.8 Å². The summed E-state index contributed by atoms with van der Waals surface area (Å²) in [5.41, 5.74) is -3.35. The fraction of sp³-hybridized carbons (Fsp3) is 0.231. The van der Waals surface area contributed by atoms with E-state index in [9.17, 15) is 55.7 Å². The van der Waals surface area contributed by atoms with Gasteiger partial charge in [-0.15, -0.1) is 0 Å². The molecule has 212 valence electrons. The quantitative estimate of drug-likeness (QED) is 0.208. The van der Waals surface area contributed by atoms with E-state index in [2.05, 4.69) is 9.47 Å². The molecule has 0 saturated heterocycles. The molecule has 8 nitrogen and oxygen atoms in total. The smallest absolute Gasteiger partial charge is 0.306 e. The number of methoxy groups -OCH3 is 2. The molecule has 1 aliphatic rings. The van der Waals surface area contributed by atoms with E-state index in [1.54, 1.807) is 0 Å². The molecule has 1 aliphatic carbocycles. The molecule has 0 fully saturated rings. The molecule has 0 aliphatic heterocycles. The topological polar surface area (TPSA) is 127 Å². The highest BCUT2D eigenvalue weighted by Gasteiger charge is 2.43. The molecule has 0 saturated carbocycles. The summed E-state index contributed by atoms with van der Waals surface area (Å²) >= 11 is 0. The first kappa shape index (κ1) is 29.9. The van der Waals surface area contributed by atoms with Gasteiger partial charge in [-0.2, -0.15) is 0 Å². The first-order valence-corrected chi connectivity index (χ1v) is 11.1. The van der Waals surface area contributed by atoms with Crippen LogP contribution in [0.25, 0.3) is 0 Å². The Balaban J connectivity index is 2.23. The third-order valence-corrected chi connectivity index (χ3v) is 6.14. The van der Waals surface area contributed by atoms with Crippen molar-refractivity contribution < 1.29 is 65.2 Å². The summed E-state index contributed by atoms with van der Waals surface area (Å²) in [5, 5.41) is 21.5. The molecule has 2 atom stereocenters. The molecule has 2 aromatic carbocycles. The predicted octanol–water partition coefficient (Wildman–Crippen LogP) is 4.29. The number of ketones is 2. The Kier molecular flexibility index (Phi) is 8.71. The lowest BCUT2D eigenvalue weighted by atomic mass is 9.75. The van der Waals surface area contributed by atoms with Crippen molar-refractivity contribution in [3.8, 4) is 0 Å². The Morgan fingerprint density at radius 3 is 1.18 bits per heavy atom. The molecule has 0 aromatic heterocycles. The van der Waals surface area contributed by atoms with Crippen LogP contribution in [0.3, 0.4) is 0 Å². The minimum atomic E-state index is -1.90. The maximum atomic E-state index is 14.0. The fourth-order valence-corrected chi connectivity index (χ4v) is 4.19. The molecule has 0 spiro atoms. The second kappa shape index (κ2) is 11.6. The third-order valence-electron chi connectivity index (χ3n) is 6.14. The molecule has 0 radical (unpaired) electrons. The second-order valence-corrected chi connectivity index (χ2v) is 8.45. The van der Waals surface area contributed by atoms with Crippen molar-refractivity contribution in [1.82, 2.24) is 0 Å². The van der Waals surface area contributed by atoms with Gasteiger partial charge in [-0.05, 0) is 35.4 Å².